The van der Waals surface area contributed by atoms with E-state index in [1.165, 1.54) is 4.90 Å². The fourth-order valence-corrected chi connectivity index (χ4v) is 6.67. The van der Waals surface area contributed by atoms with Crippen molar-refractivity contribution < 1.29 is 29.0 Å². The summed E-state index contributed by atoms with van der Waals surface area (Å²) < 4.78 is 11.9. The molecule has 3 fully saturated rings. The summed E-state index contributed by atoms with van der Waals surface area (Å²) in [5.41, 5.74) is -1.15. The number of fused-ring (bicyclic) bond motifs is 1. The van der Waals surface area contributed by atoms with Crippen molar-refractivity contribution in [2.24, 2.45) is 11.8 Å². The third-order valence-corrected chi connectivity index (χ3v) is 8.16. The second-order valence-electron chi connectivity index (χ2n) is 9.33. The smallest absolute Gasteiger partial charge is 0.312 e. The molecule has 0 aromatic rings. The van der Waals surface area contributed by atoms with E-state index in [4.69, 9.17) is 9.47 Å². The molecule has 0 aromatic carbocycles. The number of unbranched alkanes of at least 4 members (excludes halogenated alkanes) is 1. The van der Waals surface area contributed by atoms with Gasteiger partial charge in [-0.2, -0.15) is 0 Å². The topological polar surface area (TPSA) is 96.4 Å². The summed E-state index contributed by atoms with van der Waals surface area (Å²) in [4.78, 5) is 44.1. The monoisotopic (exact) mass is 540 g/mol. The standard InChI is InChI=1S/C25H37BrN2O6/c1-5-9-12-27(11-7-3)23(31)21-25-14-17(26)20(34-25)18(24(32)33-13-10-6-2)19(25)22(30)28(21)16(8-4)15-29/h6-7,16-21,29H,2-3,5,8-15H2,1,4H3/t16-,17?,18-,19-,20-,21?,25?/m0/s1. The predicted octanol–water partition coefficient (Wildman–Crippen LogP) is 2.44. The normalized spacial score (nSPS) is 32.4. The summed E-state index contributed by atoms with van der Waals surface area (Å²) in [6, 6.07) is -1.47. The van der Waals surface area contributed by atoms with E-state index in [2.05, 4.69) is 36.0 Å². The van der Waals surface area contributed by atoms with Crippen molar-refractivity contribution in [3.63, 3.8) is 0 Å². The first-order chi connectivity index (χ1) is 16.3. The molecule has 0 aliphatic carbocycles. The van der Waals surface area contributed by atoms with Crippen LogP contribution in [0.1, 0.15) is 46.0 Å². The number of esters is 1. The molecular weight excluding hydrogens is 504 g/mol. The Morgan fingerprint density at radius 2 is 2.12 bits per heavy atom. The lowest BCUT2D eigenvalue weighted by atomic mass is 9.70. The van der Waals surface area contributed by atoms with Gasteiger partial charge in [-0.1, -0.05) is 48.4 Å². The molecule has 2 amide bonds. The zero-order chi connectivity index (χ0) is 25.0. The summed E-state index contributed by atoms with van der Waals surface area (Å²) in [6.07, 6.45) is 5.92. The van der Waals surface area contributed by atoms with Crippen LogP contribution in [0.2, 0.25) is 0 Å². The minimum atomic E-state index is -1.15. The molecule has 2 bridgehead atoms. The third kappa shape index (κ3) is 4.46. The highest BCUT2D eigenvalue weighted by atomic mass is 79.9. The number of carbonyl (C=O) groups is 3. The first-order valence-electron chi connectivity index (χ1n) is 12.2. The average Bonchev–Trinajstić information content (AvgIpc) is 3.41. The van der Waals surface area contributed by atoms with E-state index in [1.54, 1.807) is 17.1 Å². The van der Waals surface area contributed by atoms with Crippen LogP contribution in [-0.4, -0.2) is 87.6 Å². The fourth-order valence-electron chi connectivity index (χ4n) is 5.73. The van der Waals surface area contributed by atoms with Gasteiger partial charge in [0, 0.05) is 17.9 Å². The average molecular weight is 541 g/mol. The van der Waals surface area contributed by atoms with Gasteiger partial charge in [-0.05, 0) is 25.7 Å². The zero-order valence-corrected chi connectivity index (χ0v) is 21.7. The highest BCUT2D eigenvalue weighted by Crippen LogP contribution is 2.60. The Bertz CT molecular complexity index is 802. The molecule has 9 heteroatoms. The molecule has 0 radical (unpaired) electrons. The van der Waals surface area contributed by atoms with Crippen molar-refractivity contribution in [2.45, 2.75) is 74.6 Å². The van der Waals surface area contributed by atoms with E-state index in [-0.39, 0.29) is 29.9 Å². The number of nitrogens with zero attached hydrogens (tertiary/aromatic N) is 2. The highest BCUT2D eigenvalue weighted by Gasteiger charge is 2.77. The van der Waals surface area contributed by atoms with E-state index in [9.17, 15) is 19.5 Å². The van der Waals surface area contributed by atoms with Crippen LogP contribution >= 0.6 is 15.9 Å². The minimum absolute atomic E-state index is 0.177. The number of carbonyl (C=O) groups excluding carboxylic acids is 3. The van der Waals surface area contributed by atoms with Crippen LogP contribution < -0.4 is 0 Å². The van der Waals surface area contributed by atoms with Crippen LogP contribution in [0.25, 0.3) is 0 Å². The van der Waals surface area contributed by atoms with Crippen LogP contribution in [0.4, 0.5) is 0 Å². The first kappa shape index (κ1) is 26.9. The van der Waals surface area contributed by atoms with Gasteiger partial charge in [-0.25, -0.2) is 0 Å². The molecule has 3 aliphatic heterocycles. The second-order valence-corrected chi connectivity index (χ2v) is 10.5. The van der Waals surface area contributed by atoms with E-state index < -0.39 is 41.6 Å². The van der Waals surface area contributed by atoms with Crippen LogP contribution in [-0.2, 0) is 23.9 Å². The Kier molecular flexibility index (Phi) is 8.98. The number of rotatable bonds is 13. The number of ether oxygens (including phenoxy) is 2. The summed E-state index contributed by atoms with van der Waals surface area (Å²) in [7, 11) is 0. The maximum absolute atomic E-state index is 14.0. The highest BCUT2D eigenvalue weighted by molar-refractivity contribution is 9.09. The van der Waals surface area contributed by atoms with E-state index in [1.807, 2.05) is 6.92 Å². The second kappa shape index (κ2) is 11.4. The van der Waals surface area contributed by atoms with Gasteiger partial charge in [-0.15, -0.1) is 13.2 Å². The molecule has 3 heterocycles. The lowest BCUT2D eigenvalue weighted by molar-refractivity contribution is -0.156. The number of likely N-dealkylation sites (tertiary alicyclic amines) is 1. The molecule has 3 saturated heterocycles. The number of aliphatic hydroxyl groups excluding tert-OH is 1. The van der Waals surface area contributed by atoms with E-state index >= 15 is 0 Å². The Balaban J connectivity index is 2.04. The Hall–Kier alpha value is -1.71. The van der Waals surface area contributed by atoms with E-state index in [0.717, 1.165) is 12.8 Å². The number of hydrogen-bond acceptors (Lipinski definition) is 6. The summed E-state index contributed by atoms with van der Waals surface area (Å²) in [5, 5.41) is 10.1. The Labute approximate surface area is 210 Å². The number of hydrogen-bond donors (Lipinski definition) is 1. The summed E-state index contributed by atoms with van der Waals surface area (Å²) in [5.74, 6) is -2.67. The van der Waals surface area contributed by atoms with Gasteiger partial charge in [0.2, 0.25) is 11.8 Å². The number of halogens is 1. The fraction of sp³-hybridized carbons (Fsp3) is 0.720. The molecule has 3 rings (SSSR count). The lowest BCUT2D eigenvalue weighted by Gasteiger charge is -2.39. The number of aliphatic hydroxyl groups is 1. The van der Waals surface area contributed by atoms with Gasteiger partial charge in [0.05, 0.1) is 37.2 Å². The van der Waals surface area contributed by atoms with Crippen molar-refractivity contribution in [2.75, 3.05) is 26.3 Å². The maximum Gasteiger partial charge on any atom is 0.312 e. The molecule has 1 N–H and O–H groups in total. The summed E-state index contributed by atoms with van der Waals surface area (Å²) >= 11 is 3.65. The van der Waals surface area contributed by atoms with Crippen molar-refractivity contribution >= 4 is 33.7 Å². The van der Waals surface area contributed by atoms with Gasteiger partial charge in [-0.3, -0.25) is 14.4 Å². The molecule has 3 unspecified atom stereocenters. The number of amides is 2. The lowest BCUT2D eigenvalue weighted by Crippen LogP contribution is -2.59. The molecule has 0 saturated carbocycles. The molecule has 3 aliphatic rings. The van der Waals surface area contributed by atoms with E-state index in [0.29, 0.717) is 32.4 Å². The molecule has 8 nitrogen and oxygen atoms in total. The quantitative estimate of drug-likeness (QED) is 0.167. The molecule has 190 valence electrons. The molecule has 34 heavy (non-hydrogen) atoms. The van der Waals surface area contributed by atoms with Crippen LogP contribution in [0.5, 0.6) is 0 Å². The SMILES string of the molecule is C=CCCOC(=O)[C@H]1[C@H]2C(=O)N([C@@H](CC)CO)C(C(=O)N(CC=C)CCCC)C23CC(Br)[C@@H]1O3. The number of alkyl halides is 1. The molecule has 0 aromatic heterocycles. The van der Waals surface area contributed by atoms with Crippen molar-refractivity contribution in [1.29, 1.82) is 0 Å². The van der Waals surface area contributed by atoms with Crippen molar-refractivity contribution in [3.8, 4) is 0 Å². The zero-order valence-electron chi connectivity index (χ0n) is 20.2. The van der Waals surface area contributed by atoms with Crippen LogP contribution in [0.3, 0.4) is 0 Å². The molecule has 7 atom stereocenters. The minimum Gasteiger partial charge on any atom is -0.465 e. The molecular formula is C25H37BrN2O6. The largest absolute Gasteiger partial charge is 0.465 e. The Morgan fingerprint density at radius 1 is 1.38 bits per heavy atom. The van der Waals surface area contributed by atoms with Crippen LogP contribution in [0.15, 0.2) is 25.3 Å². The van der Waals surface area contributed by atoms with Crippen LogP contribution in [0, 0.1) is 11.8 Å². The maximum atomic E-state index is 14.0. The first-order valence-corrected chi connectivity index (χ1v) is 13.2. The van der Waals surface area contributed by atoms with Crippen molar-refractivity contribution in [1.82, 2.24) is 9.80 Å². The van der Waals surface area contributed by atoms with Gasteiger partial charge in [0.15, 0.2) is 0 Å². The van der Waals surface area contributed by atoms with Gasteiger partial charge < -0.3 is 24.4 Å². The molecule has 1 spiro atoms. The van der Waals surface area contributed by atoms with Crippen molar-refractivity contribution in [3.05, 3.63) is 25.3 Å². The van der Waals surface area contributed by atoms with Gasteiger partial charge in [0.1, 0.15) is 11.6 Å². The summed E-state index contributed by atoms with van der Waals surface area (Å²) in [6.45, 7) is 12.1. The van der Waals surface area contributed by atoms with Gasteiger partial charge >= 0.3 is 5.97 Å². The van der Waals surface area contributed by atoms with Gasteiger partial charge in [0.25, 0.3) is 0 Å². The Morgan fingerprint density at radius 3 is 2.71 bits per heavy atom. The third-order valence-electron chi connectivity index (χ3n) is 7.32. The predicted molar refractivity (Wildman–Crippen MR) is 131 cm³/mol.